The Bertz CT molecular complexity index is 529. The van der Waals surface area contributed by atoms with Gasteiger partial charge < -0.3 is 5.73 Å². The normalized spacial score (nSPS) is 17.9. The van der Waals surface area contributed by atoms with Crippen LogP contribution < -0.4 is 10.5 Å². The molecule has 1 aromatic heterocycles. The first-order chi connectivity index (χ1) is 8.42. The highest BCUT2D eigenvalue weighted by atomic mass is 32.2. The molecule has 1 saturated carbocycles. The van der Waals surface area contributed by atoms with E-state index in [0.717, 1.165) is 32.1 Å². The Balaban J connectivity index is 2.21. The van der Waals surface area contributed by atoms with E-state index in [1.54, 1.807) is 14.0 Å². The number of nitrogen functional groups attached to an aromatic ring is 1. The first-order valence-corrected chi connectivity index (χ1v) is 7.77. The van der Waals surface area contributed by atoms with Crippen LogP contribution in [0.3, 0.4) is 0 Å². The topological polar surface area (TPSA) is 90.0 Å². The van der Waals surface area contributed by atoms with Crippen molar-refractivity contribution in [1.82, 2.24) is 9.78 Å². The van der Waals surface area contributed by atoms with Crippen LogP contribution in [0.15, 0.2) is 0 Å². The van der Waals surface area contributed by atoms with Gasteiger partial charge in [-0.1, -0.05) is 19.3 Å². The van der Waals surface area contributed by atoms with Crippen molar-refractivity contribution in [2.45, 2.75) is 44.3 Å². The van der Waals surface area contributed by atoms with Gasteiger partial charge in [0, 0.05) is 7.05 Å². The van der Waals surface area contributed by atoms with E-state index in [1.165, 1.54) is 4.68 Å². The van der Waals surface area contributed by atoms with Crippen LogP contribution in [0.4, 0.5) is 11.5 Å². The molecule has 1 fully saturated rings. The molecule has 102 valence electrons. The molecule has 18 heavy (non-hydrogen) atoms. The molecular weight excluding hydrogens is 252 g/mol. The summed E-state index contributed by atoms with van der Waals surface area (Å²) in [4.78, 5) is 0. The first kappa shape index (κ1) is 13.2. The molecule has 1 heterocycles. The van der Waals surface area contributed by atoms with Crippen LogP contribution in [0.1, 0.15) is 37.8 Å². The third kappa shape index (κ3) is 2.45. The Morgan fingerprint density at radius 1 is 1.33 bits per heavy atom. The summed E-state index contributed by atoms with van der Waals surface area (Å²) >= 11 is 0. The van der Waals surface area contributed by atoms with Crippen molar-refractivity contribution in [2.24, 2.45) is 7.05 Å². The standard InChI is InChI=1S/C11H20N4O2S/c1-8-10(12)11(15(2)13-8)14-18(16,17)9-6-4-3-5-7-9/h9,14H,3-7,12H2,1-2H3. The fourth-order valence-corrected chi connectivity index (χ4v) is 4.02. The van der Waals surface area contributed by atoms with Crippen molar-refractivity contribution in [3.63, 3.8) is 0 Å². The molecule has 1 aromatic rings. The molecule has 0 amide bonds. The number of aromatic nitrogens is 2. The van der Waals surface area contributed by atoms with Crippen molar-refractivity contribution in [3.8, 4) is 0 Å². The van der Waals surface area contributed by atoms with Crippen molar-refractivity contribution >= 4 is 21.5 Å². The Hall–Kier alpha value is -1.24. The molecule has 1 aliphatic rings. The number of sulfonamides is 1. The maximum atomic E-state index is 12.3. The van der Waals surface area contributed by atoms with E-state index >= 15 is 0 Å². The van der Waals surface area contributed by atoms with E-state index in [2.05, 4.69) is 9.82 Å². The molecule has 2 rings (SSSR count). The Labute approximate surface area is 108 Å². The summed E-state index contributed by atoms with van der Waals surface area (Å²) < 4.78 is 28.6. The predicted octanol–water partition coefficient (Wildman–Crippen LogP) is 1.39. The first-order valence-electron chi connectivity index (χ1n) is 6.22. The molecule has 3 N–H and O–H groups in total. The van der Waals surface area contributed by atoms with Crippen molar-refractivity contribution in [3.05, 3.63) is 5.69 Å². The highest BCUT2D eigenvalue weighted by molar-refractivity contribution is 7.93. The van der Waals surface area contributed by atoms with E-state index in [0.29, 0.717) is 17.2 Å². The summed E-state index contributed by atoms with van der Waals surface area (Å²) in [6.07, 6.45) is 4.54. The van der Waals surface area contributed by atoms with Gasteiger partial charge in [0.1, 0.15) is 0 Å². The number of nitrogens with two attached hydrogens (primary N) is 1. The molecule has 0 spiro atoms. The lowest BCUT2D eigenvalue weighted by Crippen LogP contribution is -2.30. The third-order valence-electron chi connectivity index (χ3n) is 3.50. The lowest BCUT2D eigenvalue weighted by molar-refractivity contribution is 0.486. The molecular formula is C11H20N4O2S. The second-order valence-corrected chi connectivity index (χ2v) is 6.84. The third-order valence-corrected chi connectivity index (χ3v) is 5.33. The molecule has 0 atom stereocenters. The molecule has 6 nitrogen and oxygen atoms in total. The van der Waals surface area contributed by atoms with Gasteiger partial charge in [-0.25, -0.2) is 13.1 Å². The van der Waals surface area contributed by atoms with E-state index in [-0.39, 0.29) is 5.25 Å². The van der Waals surface area contributed by atoms with Crippen LogP contribution in [-0.4, -0.2) is 23.4 Å². The number of anilines is 2. The quantitative estimate of drug-likeness (QED) is 0.870. The largest absolute Gasteiger partial charge is 0.394 e. The Morgan fingerprint density at radius 2 is 1.94 bits per heavy atom. The Morgan fingerprint density at radius 3 is 2.44 bits per heavy atom. The lowest BCUT2D eigenvalue weighted by Gasteiger charge is -2.22. The minimum Gasteiger partial charge on any atom is -0.394 e. The molecule has 0 unspecified atom stereocenters. The number of rotatable bonds is 3. The van der Waals surface area contributed by atoms with Crippen LogP contribution in [0.25, 0.3) is 0 Å². The summed E-state index contributed by atoms with van der Waals surface area (Å²) in [6.45, 7) is 1.76. The van der Waals surface area contributed by atoms with Crippen molar-refractivity contribution < 1.29 is 8.42 Å². The van der Waals surface area contributed by atoms with Crippen LogP contribution in [0.5, 0.6) is 0 Å². The lowest BCUT2D eigenvalue weighted by atomic mass is 10.0. The van der Waals surface area contributed by atoms with Gasteiger partial charge in [-0.3, -0.25) is 4.72 Å². The predicted molar refractivity (Wildman–Crippen MR) is 71.8 cm³/mol. The van der Waals surface area contributed by atoms with Gasteiger partial charge in [0.2, 0.25) is 10.0 Å². The second-order valence-electron chi connectivity index (χ2n) is 4.88. The Kier molecular flexibility index (Phi) is 3.52. The maximum Gasteiger partial charge on any atom is 0.236 e. The summed E-state index contributed by atoms with van der Waals surface area (Å²) in [7, 11) is -1.68. The van der Waals surface area contributed by atoms with Crippen LogP contribution >= 0.6 is 0 Å². The molecule has 0 aliphatic heterocycles. The van der Waals surface area contributed by atoms with Crippen LogP contribution in [0, 0.1) is 6.92 Å². The van der Waals surface area contributed by atoms with Crippen molar-refractivity contribution in [1.29, 1.82) is 0 Å². The van der Waals surface area contributed by atoms with E-state index in [4.69, 9.17) is 5.73 Å². The number of nitrogens with zero attached hydrogens (tertiary/aromatic N) is 2. The molecule has 0 saturated heterocycles. The number of nitrogens with one attached hydrogen (secondary N) is 1. The molecule has 1 aliphatic carbocycles. The molecule has 0 aromatic carbocycles. The molecule has 0 bridgehead atoms. The SMILES string of the molecule is Cc1nn(C)c(NS(=O)(=O)C2CCCCC2)c1N. The zero-order valence-corrected chi connectivity index (χ0v) is 11.6. The number of hydrogen-bond acceptors (Lipinski definition) is 4. The fraction of sp³-hybridized carbons (Fsp3) is 0.727. The average molecular weight is 272 g/mol. The van der Waals surface area contributed by atoms with Crippen LogP contribution in [0.2, 0.25) is 0 Å². The van der Waals surface area contributed by atoms with Gasteiger partial charge in [-0.15, -0.1) is 0 Å². The minimum atomic E-state index is -3.36. The highest BCUT2D eigenvalue weighted by Crippen LogP contribution is 2.28. The van der Waals surface area contributed by atoms with Gasteiger partial charge in [0.15, 0.2) is 5.82 Å². The van der Waals surface area contributed by atoms with Crippen LogP contribution in [-0.2, 0) is 17.1 Å². The summed E-state index contributed by atoms with van der Waals surface area (Å²) in [5.41, 5.74) is 6.87. The van der Waals surface area contributed by atoms with E-state index in [9.17, 15) is 8.42 Å². The summed E-state index contributed by atoms with van der Waals surface area (Å²) in [6, 6.07) is 0. The molecule has 7 heteroatoms. The summed E-state index contributed by atoms with van der Waals surface area (Å²) in [5, 5.41) is 3.80. The van der Waals surface area contributed by atoms with Gasteiger partial charge in [0.25, 0.3) is 0 Å². The fourth-order valence-electron chi connectivity index (χ4n) is 2.39. The van der Waals surface area contributed by atoms with Gasteiger partial charge in [-0.2, -0.15) is 5.10 Å². The zero-order chi connectivity index (χ0) is 13.3. The second kappa shape index (κ2) is 4.79. The minimum absolute atomic E-state index is 0.305. The van der Waals surface area contributed by atoms with Gasteiger partial charge in [0.05, 0.1) is 16.6 Å². The zero-order valence-electron chi connectivity index (χ0n) is 10.8. The average Bonchev–Trinajstić information content (AvgIpc) is 2.57. The van der Waals surface area contributed by atoms with Crippen molar-refractivity contribution in [2.75, 3.05) is 10.5 Å². The molecule has 0 radical (unpaired) electrons. The smallest absolute Gasteiger partial charge is 0.236 e. The van der Waals surface area contributed by atoms with Gasteiger partial charge >= 0.3 is 0 Å². The van der Waals surface area contributed by atoms with Gasteiger partial charge in [-0.05, 0) is 19.8 Å². The number of aryl methyl sites for hydroxylation is 2. The highest BCUT2D eigenvalue weighted by Gasteiger charge is 2.28. The van der Waals surface area contributed by atoms with E-state index < -0.39 is 10.0 Å². The summed E-state index contributed by atoms with van der Waals surface area (Å²) in [5.74, 6) is 0.373. The van der Waals surface area contributed by atoms with E-state index in [1.807, 2.05) is 0 Å². The number of hydrogen-bond donors (Lipinski definition) is 2. The monoisotopic (exact) mass is 272 g/mol. The maximum absolute atomic E-state index is 12.3.